The summed E-state index contributed by atoms with van der Waals surface area (Å²) in [6.07, 6.45) is 6.60. The van der Waals surface area contributed by atoms with E-state index in [-0.39, 0.29) is 0 Å². The van der Waals surface area contributed by atoms with Crippen molar-refractivity contribution in [1.29, 1.82) is 0 Å². The van der Waals surface area contributed by atoms with Crippen molar-refractivity contribution in [2.75, 3.05) is 6.54 Å². The fourth-order valence-electron chi connectivity index (χ4n) is 1.85. The van der Waals surface area contributed by atoms with E-state index in [1.165, 1.54) is 5.69 Å². The van der Waals surface area contributed by atoms with Crippen molar-refractivity contribution in [1.82, 2.24) is 24.6 Å². The van der Waals surface area contributed by atoms with Gasteiger partial charge in [-0.3, -0.25) is 4.68 Å². The summed E-state index contributed by atoms with van der Waals surface area (Å²) in [5.41, 5.74) is 1.23. The van der Waals surface area contributed by atoms with E-state index in [0.29, 0.717) is 0 Å². The Morgan fingerprint density at radius 2 is 2.24 bits per heavy atom. The van der Waals surface area contributed by atoms with Gasteiger partial charge in [-0.1, -0.05) is 0 Å². The average Bonchev–Trinajstić information content (AvgIpc) is 2.93. The molecule has 0 amide bonds. The number of aryl methyl sites for hydroxylation is 2. The molecule has 17 heavy (non-hydrogen) atoms. The third-order valence-electron chi connectivity index (χ3n) is 2.86. The second-order valence-electron chi connectivity index (χ2n) is 4.02. The molecule has 2 aromatic rings. The molecule has 0 spiro atoms. The van der Waals surface area contributed by atoms with Gasteiger partial charge in [-0.05, 0) is 13.0 Å². The van der Waals surface area contributed by atoms with Crippen molar-refractivity contribution in [3.8, 4) is 0 Å². The molecule has 0 aliphatic rings. The SMILES string of the molecule is CCn1nccc1CNCCc1nccn1C. The zero-order valence-electron chi connectivity index (χ0n) is 10.4. The van der Waals surface area contributed by atoms with E-state index < -0.39 is 0 Å². The van der Waals surface area contributed by atoms with Crippen molar-refractivity contribution in [3.05, 3.63) is 36.2 Å². The summed E-state index contributed by atoms with van der Waals surface area (Å²) in [5.74, 6) is 1.11. The highest BCUT2D eigenvalue weighted by Gasteiger charge is 2.01. The topological polar surface area (TPSA) is 47.7 Å². The smallest absolute Gasteiger partial charge is 0.109 e. The number of nitrogens with zero attached hydrogens (tertiary/aromatic N) is 4. The van der Waals surface area contributed by atoms with Crippen LogP contribution in [0.3, 0.4) is 0 Å². The van der Waals surface area contributed by atoms with Gasteiger partial charge in [0.15, 0.2) is 0 Å². The van der Waals surface area contributed by atoms with Gasteiger partial charge in [0, 0.05) is 51.7 Å². The summed E-state index contributed by atoms with van der Waals surface area (Å²) in [7, 11) is 2.02. The van der Waals surface area contributed by atoms with E-state index in [9.17, 15) is 0 Å². The molecule has 5 nitrogen and oxygen atoms in total. The third-order valence-corrected chi connectivity index (χ3v) is 2.86. The number of hydrogen-bond donors (Lipinski definition) is 1. The van der Waals surface area contributed by atoms with Crippen molar-refractivity contribution in [3.63, 3.8) is 0 Å². The Morgan fingerprint density at radius 1 is 1.35 bits per heavy atom. The van der Waals surface area contributed by atoms with Gasteiger partial charge in [-0.2, -0.15) is 5.10 Å². The number of imidazole rings is 1. The Balaban J connectivity index is 1.75. The minimum Gasteiger partial charge on any atom is -0.338 e. The molecule has 0 bridgehead atoms. The first-order valence-electron chi connectivity index (χ1n) is 5.99. The van der Waals surface area contributed by atoms with Crippen LogP contribution in [0.1, 0.15) is 18.4 Å². The predicted molar refractivity (Wildman–Crippen MR) is 66.5 cm³/mol. The molecule has 2 aromatic heterocycles. The zero-order valence-corrected chi connectivity index (χ0v) is 10.4. The van der Waals surface area contributed by atoms with Gasteiger partial charge in [0.1, 0.15) is 5.82 Å². The fourth-order valence-corrected chi connectivity index (χ4v) is 1.85. The lowest BCUT2D eigenvalue weighted by Crippen LogP contribution is -2.20. The normalized spacial score (nSPS) is 10.9. The van der Waals surface area contributed by atoms with Crippen LogP contribution in [-0.2, 0) is 26.6 Å². The van der Waals surface area contributed by atoms with Crippen LogP contribution in [0.5, 0.6) is 0 Å². The van der Waals surface area contributed by atoms with Crippen LogP contribution in [0.25, 0.3) is 0 Å². The molecule has 0 atom stereocenters. The second kappa shape index (κ2) is 5.63. The van der Waals surface area contributed by atoms with Gasteiger partial charge in [0.05, 0.1) is 5.69 Å². The number of nitrogens with one attached hydrogen (secondary N) is 1. The van der Waals surface area contributed by atoms with Crippen LogP contribution >= 0.6 is 0 Å². The van der Waals surface area contributed by atoms with Gasteiger partial charge >= 0.3 is 0 Å². The van der Waals surface area contributed by atoms with Gasteiger partial charge in [0.2, 0.25) is 0 Å². The lowest BCUT2D eigenvalue weighted by atomic mass is 10.3. The molecule has 0 unspecified atom stereocenters. The monoisotopic (exact) mass is 233 g/mol. The zero-order chi connectivity index (χ0) is 12.1. The molecule has 0 aliphatic heterocycles. The highest BCUT2D eigenvalue weighted by atomic mass is 15.3. The van der Waals surface area contributed by atoms with Gasteiger partial charge in [0.25, 0.3) is 0 Å². The van der Waals surface area contributed by atoms with Crippen molar-refractivity contribution in [2.24, 2.45) is 7.05 Å². The molecule has 0 aromatic carbocycles. The Hall–Kier alpha value is -1.62. The van der Waals surface area contributed by atoms with E-state index >= 15 is 0 Å². The van der Waals surface area contributed by atoms with E-state index in [4.69, 9.17) is 0 Å². The number of rotatable bonds is 6. The van der Waals surface area contributed by atoms with Crippen LogP contribution in [0, 0.1) is 0 Å². The van der Waals surface area contributed by atoms with E-state index in [1.54, 1.807) is 0 Å². The lowest BCUT2D eigenvalue weighted by molar-refractivity contribution is 0.576. The number of hydrogen-bond acceptors (Lipinski definition) is 3. The predicted octanol–water partition coefficient (Wildman–Crippen LogP) is 0.969. The summed E-state index contributed by atoms with van der Waals surface area (Å²) in [4.78, 5) is 4.29. The number of aromatic nitrogens is 4. The standard InChI is InChI=1S/C12H19N5/c1-3-17-11(4-7-15-17)10-13-6-5-12-14-8-9-16(12)2/h4,7-9,13H,3,5-6,10H2,1-2H3. The van der Waals surface area contributed by atoms with Crippen molar-refractivity contribution >= 4 is 0 Å². The van der Waals surface area contributed by atoms with Crippen LogP contribution in [0.4, 0.5) is 0 Å². The molecule has 1 N–H and O–H groups in total. The maximum Gasteiger partial charge on any atom is 0.109 e. The minimum atomic E-state index is 0.859. The summed E-state index contributed by atoms with van der Waals surface area (Å²) < 4.78 is 4.06. The summed E-state index contributed by atoms with van der Waals surface area (Å²) in [6.45, 7) is 4.81. The summed E-state index contributed by atoms with van der Waals surface area (Å²) in [5, 5.41) is 7.65. The Kier molecular flexibility index (Phi) is 3.93. The Labute approximate surface area is 101 Å². The Morgan fingerprint density at radius 3 is 2.94 bits per heavy atom. The quantitative estimate of drug-likeness (QED) is 0.756. The molecular weight excluding hydrogens is 214 g/mol. The van der Waals surface area contributed by atoms with Crippen LogP contribution < -0.4 is 5.32 Å². The summed E-state index contributed by atoms with van der Waals surface area (Å²) in [6, 6.07) is 2.05. The van der Waals surface area contributed by atoms with Crippen LogP contribution in [0.2, 0.25) is 0 Å². The molecule has 2 rings (SSSR count). The van der Waals surface area contributed by atoms with E-state index in [2.05, 4.69) is 33.0 Å². The second-order valence-corrected chi connectivity index (χ2v) is 4.02. The molecule has 0 fully saturated rings. The van der Waals surface area contributed by atoms with Gasteiger partial charge in [-0.15, -0.1) is 0 Å². The van der Waals surface area contributed by atoms with Crippen molar-refractivity contribution < 1.29 is 0 Å². The third kappa shape index (κ3) is 2.94. The van der Waals surface area contributed by atoms with E-state index in [0.717, 1.165) is 31.9 Å². The largest absolute Gasteiger partial charge is 0.338 e. The maximum atomic E-state index is 4.29. The van der Waals surface area contributed by atoms with E-state index in [1.807, 2.05) is 30.3 Å². The average molecular weight is 233 g/mol. The first-order chi connectivity index (χ1) is 8.31. The first kappa shape index (κ1) is 11.9. The Bertz CT molecular complexity index is 457. The first-order valence-corrected chi connectivity index (χ1v) is 5.99. The van der Waals surface area contributed by atoms with Crippen LogP contribution in [0.15, 0.2) is 24.7 Å². The molecule has 0 saturated carbocycles. The van der Waals surface area contributed by atoms with Crippen LogP contribution in [-0.4, -0.2) is 25.9 Å². The lowest BCUT2D eigenvalue weighted by Gasteiger charge is -2.06. The van der Waals surface area contributed by atoms with Gasteiger partial charge in [-0.25, -0.2) is 4.98 Å². The summed E-state index contributed by atoms with van der Waals surface area (Å²) >= 11 is 0. The maximum absolute atomic E-state index is 4.29. The molecule has 0 radical (unpaired) electrons. The molecular formula is C12H19N5. The van der Waals surface area contributed by atoms with Gasteiger partial charge < -0.3 is 9.88 Å². The molecule has 0 aliphatic carbocycles. The fraction of sp³-hybridized carbons (Fsp3) is 0.500. The highest BCUT2D eigenvalue weighted by Crippen LogP contribution is 1.98. The molecule has 92 valence electrons. The molecule has 5 heteroatoms. The van der Waals surface area contributed by atoms with Crippen molar-refractivity contribution in [2.45, 2.75) is 26.4 Å². The minimum absolute atomic E-state index is 0.859. The highest BCUT2D eigenvalue weighted by molar-refractivity contribution is 5.00. The molecule has 2 heterocycles. The molecule has 0 saturated heterocycles.